The Morgan fingerprint density at radius 3 is 2.77 bits per heavy atom. The van der Waals surface area contributed by atoms with E-state index in [2.05, 4.69) is 22.4 Å². The van der Waals surface area contributed by atoms with Gasteiger partial charge in [-0.05, 0) is 62.8 Å². The molecule has 0 radical (unpaired) electrons. The fourth-order valence-corrected chi connectivity index (χ4v) is 5.27. The van der Waals surface area contributed by atoms with Crippen LogP contribution in [-0.4, -0.2) is 52.7 Å². The zero-order chi connectivity index (χ0) is 21.6. The van der Waals surface area contributed by atoms with Crippen LogP contribution in [0.3, 0.4) is 0 Å². The highest BCUT2D eigenvalue weighted by molar-refractivity contribution is 6.31. The summed E-state index contributed by atoms with van der Waals surface area (Å²) in [7, 11) is 2.12. The molecule has 2 aliphatic heterocycles. The number of amides is 2. The highest BCUT2D eigenvalue weighted by atomic mass is 35.5. The molecule has 1 aromatic carbocycles. The van der Waals surface area contributed by atoms with Gasteiger partial charge in [0.05, 0.1) is 11.1 Å². The molecule has 5 rings (SSSR count). The zero-order valence-corrected chi connectivity index (χ0v) is 18.4. The predicted octanol–water partition coefficient (Wildman–Crippen LogP) is 4.82. The van der Waals surface area contributed by atoms with Gasteiger partial charge in [-0.25, -0.2) is 9.18 Å². The lowest BCUT2D eigenvalue weighted by Crippen LogP contribution is -2.45. The van der Waals surface area contributed by atoms with Crippen LogP contribution in [0.25, 0.3) is 0 Å². The maximum Gasteiger partial charge on any atom is 0.321 e. The molecule has 1 aliphatic carbocycles. The second-order valence-electron chi connectivity index (χ2n) is 9.30. The third kappa shape index (κ3) is 4.03. The first-order valence-corrected chi connectivity index (χ1v) is 11.3. The summed E-state index contributed by atoms with van der Waals surface area (Å²) in [4.78, 5) is 21.5. The van der Waals surface area contributed by atoms with E-state index >= 15 is 0 Å². The molecule has 3 aliphatic rings. The van der Waals surface area contributed by atoms with Crippen LogP contribution in [0.4, 0.5) is 14.9 Å². The number of hydrogen-bond donors (Lipinski definition) is 1. The maximum absolute atomic E-state index is 13.3. The van der Waals surface area contributed by atoms with Crippen molar-refractivity contribution in [3.63, 3.8) is 0 Å². The first-order chi connectivity index (χ1) is 14.9. The minimum atomic E-state index is -0.499. The second kappa shape index (κ2) is 8.06. The Bertz CT molecular complexity index is 971. The molecule has 7 nitrogen and oxygen atoms in total. The van der Waals surface area contributed by atoms with Gasteiger partial charge < -0.3 is 14.7 Å². The molecule has 31 heavy (non-hydrogen) atoms. The Kier molecular flexibility index (Phi) is 5.38. The van der Waals surface area contributed by atoms with Crippen molar-refractivity contribution >= 4 is 23.3 Å². The number of aromatic nitrogens is 2. The average molecular weight is 448 g/mol. The van der Waals surface area contributed by atoms with Crippen molar-refractivity contribution in [2.75, 3.05) is 32.0 Å². The third-order valence-corrected chi connectivity index (χ3v) is 7.52. The quantitative estimate of drug-likeness (QED) is 0.730. The molecular weight excluding hydrogens is 421 g/mol. The normalized spacial score (nSPS) is 23.8. The van der Waals surface area contributed by atoms with Crippen molar-refractivity contribution in [3.05, 3.63) is 40.8 Å². The SMILES string of the molecule is CN1CC2(CCN(C(=O)Nc3ccc(F)c(Cl)c3)CC2)CC1c1noc(C2CCC2)n1. The number of rotatable bonds is 3. The van der Waals surface area contributed by atoms with Crippen LogP contribution in [0, 0.1) is 11.2 Å². The van der Waals surface area contributed by atoms with E-state index in [1.165, 1.54) is 24.6 Å². The molecule has 166 valence electrons. The van der Waals surface area contributed by atoms with E-state index in [0.717, 1.165) is 50.4 Å². The van der Waals surface area contributed by atoms with Gasteiger partial charge in [0.15, 0.2) is 5.82 Å². The molecule has 1 spiro atoms. The molecule has 1 unspecified atom stereocenters. The molecule has 0 bridgehead atoms. The summed E-state index contributed by atoms with van der Waals surface area (Å²) in [6, 6.07) is 4.19. The first-order valence-electron chi connectivity index (χ1n) is 11.0. The summed E-state index contributed by atoms with van der Waals surface area (Å²) in [5, 5.41) is 7.11. The molecule has 1 N–H and O–H groups in total. The summed E-state index contributed by atoms with van der Waals surface area (Å²) in [5.41, 5.74) is 0.656. The molecule has 2 aromatic rings. The third-order valence-electron chi connectivity index (χ3n) is 7.24. The van der Waals surface area contributed by atoms with Crippen LogP contribution in [0.1, 0.15) is 62.2 Å². The van der Waals surface area contributed by atoms with Gasteiger partial charge in [-0.3, -0.25) is 4.90 Å². The minimum Gasteiger partial charge on any atom is -0.339 e. The maximum atomic E-state index is 13.3. The number of nitrogens with zero attached hydrogens (tertiary/aromatic N) is 4. The van der Waals surface area contributed by atoms with E-state index in [9.17, 15) is 9.18 Å². The Hall–Kier alpha value is -2.19. The smallest absolute Gasteiger partial charge is 0.321 e. The van der Waals surface area contributed by atoms with E-state index in [-0.39, 0.29) is 22.5 Å². The molecule has 3 heterocycles. The van der Waals surface area contributed by atoms with E-state index in [4.69, 9.17) is 21.1 Å². The number of carbonyl (C=O) groups is 1. The highest BCUT2D eigenvalue weighted by Crippen LogP contribution is 2.48. The number of nitrogens with one attached hydrogen (secondary N) is 1. The van der Waals surface area contributed by atoms with Gasteiger partial charge in [-0.1, -0.05) is 23.2 Å². The Balaban J connectivity index is 1.19. The van der Waals surface area contributed by atoms with Gasteiger partial charge in [-0.2, -0.15) is 4.98 Å². The van der Waals surface area contributed by atoms with Crippen LogP contribution in [-0.2, 0) is 0 Å². The largest absolute Gasteiger partial charge is 0.339 e. The van der Waals surface area contributed by atoms with E-state index in [1.807, 2.05) is 4.90 Å². The van der Waals surface area contributed by atoms with E-state index in [0.29, 0.717) is 24.7 Å². The lowest BCUT2D eigenvalue weighted by molar-refractivity contribution is 0.128. The lowest BCUT2D eigenvalue weighted by atomic mass is 9.76. The van der Waals surface area contributed by atoms with Crippen molar-refractivity contribution in [1.82, 2.24) is 19.9 Å². The summed E-state index contributed by atoms with van der Waals surface area (Å²) in [5.74, 6) is 1.54. The molecule has 1 atom stereocenters. The molecule has 2 saturated heterocycles. The van der Waals surface area contributed by atoms with Crippen LogP contribution in [0.2, 0.25) is 5.02 Å². The number of anilines is 1. The number of carbonyl (C=O) groups excluding carboxylic acids is 1. The van der Waals surface area contributed by atoms with Crippen molar-refractivity contribution in [3.8, 4) is 0 Å². The number of likely N-dealkylation sites (tertiary alicyclic amines) is 2. The minimum absolute atomic E-state index is 0.00244. The van der Waals surface area contributed by atoms with Crippen LogP contribution in [0.15, 0.2) is 22.7 Å². The van der Waals surface area contributed by atoms with Gasteiger partial charge in [0.2, 0.25) is 5.89 Å². The molecule has 3 fully saturated rings. The molecule has 1 saturated carbocycles. The fourth-order valence-electron chi connectivity index (χ4n) is 5.08. The Morgan fingerprint density at radius 1 is 1.32 bits per heavy atom. The Labute approximate surface area is 185 Å². The standard InChI is InChI=1S/C22H27ClFN5O2/c1-28-13-22(12-18(28)19-26-20(31-27-19)14-3-2-4-14)7-9-29(10-8-22)21(30)25-15-5-6-17(24)16(23)11-15/h5-6,11,14,18H,2-4,7-10,12-13H2,1H3,(H,25,30). The lowest BCUT2D eigenvalue weighted by Gasteiger charge is -2.39. The van der Waals surface area contributed by atoms with Gasteiger partial charge >= 0.3 is 6.03 Å². The number of piperidine rings is 1. The topological polar surface area (TPSA) is 74.5 Å². The molecule has 9 heteroatoms. The van der Waals surface area contributed by atoms with Gasteiger partial charge in [0.25, 0.3) is 0 Å². The van der Waals surface area contributed by atoms with Crippen molar-refractivity contribution in [2.24, 2.45) is 5.41 Å². The molecular formula is C22H27ClFN5O2. The number of benzene rings is 1. The van der Waals surface area contributed by atoms with Crippen LogP contribution < -0.4 is 5.32 Å². The van der Waals surface area contributed by atoms with Gasteiger partial charge in [0.1, 0.15) is 5.82 Å². The van der Waals surface area contributed by atoms with Gasteiger partial charge in [-0.15, -0.1) is 0 Å². The molecule has 1 aromatic heterocycles. The number of hydrogen-bond acceptors (Lipinski definition) is 5. The van der Waals surface area contributed by atoms with Gasteiger partial charge in [0, 0.05) is 31.2 Å². The molecule has 2 amide bonds. The predicted molar refractivity (Wildman–Crippen MR) is 115 cm³/mol. The summed E-state index contributed by atoms with van der Waals surface area (Å²) in [6.45, 7) is 2.33. The Morgan fingerprint density at radius 2 is 2.10 bits per heavy atom. The van der Waals surface area contributed by atoms with Crippen molar-refractivity contribution in [2.45, 2.75) is 50.5 Å². The van der Waals surface area contributed by atoms with Crippen LogP contribution in [0.5, 0.6) is 0 Å². The number of halogens is 2. The zero-order valence-electron chi connectivity index (χ0n) is 17.6. The summed E-state index contributed by atoms with van der Waals surface area (Å²) >= 11 is 5.81. The summed E-state index contributed by atoms with van der Waals surface area (Å²) < 4.78 is 18.9. The average Bonchev–Trinajstić information content (AvgIpc) is 3.29. The van der Waals surface area contributed by atoms with E-state index in [1.54, 1.807) is 0 Å². The van der Waals surface area contributed by atoms with E-state index < -0.39 is 5.82 Å². The number of urea groups is 1. The highest BCUT2D eigenvalue weighted by Gasteiger charge is 2.46. The monoisotopic (exact) mass is 447 g/mol. The van der Waals surface area contributed by atoms with Crippen molar-refractivity contribution < 1.29 is 13.7 Å². The van der Waals surface area contributed by atoms with Crippen molar-refractivity contribution in [1.29, 1.82) is 0 Å². The summed E-state index contributed by atoms with van der Waals surface area (Å²) in [6.07, 6.45) is 6.38. The second-order valence-corrected chi connectivity index (χ2v) is 9.71. The first kappa shape index (κ1) is 20.7. The van der Waals surface area contributed by atoms with Crippen LogP contribution >= 0.6 is 11.6 Å². The fraction of sp³-hybridized carbons (Fsp3) is 0.591.